The van der Waals surface area contributed by atoms with E-state index < -0.39 is 0 Å². The van der Waals surface area contributed by atoms with Crippen LogP contribution in [0.3, 0.4) is 0 Å². The summed E-state index contributed by atoms with van der Waals surface area (Å²) in [6.07, 6.45) is 0.563. The fraction of sp³-hybridized carbons (Fsp3) is 0.400. The summed E-state index contributed by atoms with van der Waals surface area (Å²) in [7, 11) is 0. The van der Waals surface area contributed by atoms with Gasteiger partial charge in [0.2, 0.25) is 0 Å². The molecule has 4 atom stereocenters. The van der Waals surface area contributed by atoms with Gasteiger partial charge in [-0.05, 0) is 11.1 Å². The molecule has 2 aromatic rings. The highest BCUT2D eigenvalue weighted by atomic mass is 16.7. The van der Waals surface area contributed by atoms with Crippen LogP contribution in [0, 0.1) is 0 Å². The van der Waals surface area contributed by atoms with E-state index in [0.29, 0.717) is 19.8 Å². The second-order valence-electron chi connectivity index (χ2n) is 6.27. The number of hydrogen-bond acceptors (Lipinski definition) is 4. The summed E-state index contributed by atoms with van der Waals surface area (Å²) >= 11 is 0. The van der Waals surface area contributed by atoms with Crippen molar-refractivity contribution in [1.82, 2.24) is 0 Å². The maximum absolute atomic E-state index is 6.04. The van der Waals surface area contributed by atoms with E-state index in [1.165, 1.54) is 0 Å². The van der Waals surface area contributed by atoms with Crippen LogP contribution in [-0.2, 0) is 32.2 Å². The highest BCUT2D eigenvalue weighted by Crippen LogP contribution is 2.33. The summed E-state index contributed by atoms with van der Waals surface area (Å²) < 4.78 is 23.8. The zero-order valence-corrected chi connectivity index (χ0v) is 13.5. The van der Waals surface area contributed by atoms with Crippen molar-refractivity contribution < 1.29 is 18.9 Å². The van der Waals surface area contributed by atoms with Crippen molar-refractivity contribution in [2.75, 3.05) is 6.61 Å². The van der Waals surface area contributed by atoms with Crippen molar-refractivity contribution in [1.29, 1.82) is 0 Å². The predicted octanol–water partition coefficient (Wildman–Crippen LogP) is 3.30. The Hall–Kier alpha value is -1.72. The van der Waals surface area contributed by atoms with Gasteiger partial charge in [0.05, 0.1) is 25.9 Å². The van der Waals surface area contributed by atoms with Crippen LogP contribution in [0.4, 0.5) is 0 Å². The second kappa shape index (κ2) is 7.45. The van der Waals surface area contributed by atoms with Gasteiger partial charge in [-0.3, -0.25) is 0 Å². The van der Waals surface area contributed by atoms with Crippen LogP contribution in [0.25, 0.3) is 0 Å². The zero-order valence-electron chi connectivity index (χ0n) is 13.5. The first-order valence-electron chi connectivity index (χ1n) is 8.46. The highest BCUT2D eigenvalue weighted by Gasteiger charge is 2.47. The molecule has 0 amide bonds. The van der Waals surface area contributed by atoms with Crippen molar-refractivity contribution in [3.63, 3.8) is 0 Å². The third-order valence-corrected chi connectivity index (χ3v) is 4.53. The molecular weight excluding hydrogens is 304 g/mol. The van der Waals surface area contributed by atoms with Gasteiger partial charge in [-0.25, -0.2) is 0 Å². The van der Waals surface area contributed by atoms with Crippen molar-refractivity contribution in [3.05, 3.63) is 71.8 Å². The van der Waals surface area contributed by atoms with E-state index in [1.54, 1.807) is 0 Å². The van der Waals surface area contributed by atoms with Crippen molar-refractivity contribution in [2.45, 2.75) is 44.2 Å². The predicted molar refractivity (Wildman–Crippen MR) is 89.3 cm³/mol. The number of benzene rings is 2. The molecule has 2 saturated heterocycles. The molecule has 126 valence electrons. The van der Waals surface area contributed by atoms with Crippen LogP contribution in [0.2, 0.25) is 0 Å². The SMILES string of the molecule is c1ccc(CO[C@H]2C[C@H]3OC[C@@H](OCc4ccccc4)[C@H]3O2)cc1. The van der Waals surface area contributed by atoms with Crippen molar-refractivity contribution in [2.24, 2.45) is 0 Å². The zero-order chi connectivity index (χ0) is 16.2. The molecule has 4 rings (SSSR count). The van der Waals surface area contributed by atoms with Crippen LogP contribution >= 0.6 is 0 Å². The minimum absolute atomic E-state index is 0.0273. The summed E-state index contributed by atoms with van der Waals surface area (Å²) in [4.78, 5) is 0. The molecule has 0 saturated carbocycles. The molecule has 2 aliphatic heterocycles. The summed E-state index contributed by atoms with van der Waals surface area (Å²) in [5.41, 5.74) is 2.31. The molecule has 0 radical (unpaired) electrons. The Kier molecular flexibility index (Phi) is 4.90. The molecule has 2 aromatic carbocycles. The Balaban J connectivity index is 1.27. The first kappa shape index (κ1) is 15.8. The van der Waals surface area contributed by atoms with Crippen LogP contribution in [0.5, 0.6) is 0 Å². The lowest BCUT2D eigenvalue weighted by Crippen LogP contribution is -2.30. The van der Waals surface area contributed by atoms with E-state index in [4.69, 9.17) is 18.9 Å². The Morgan fingerprint density at radius 1 is 0.833 bits per heavy atom. The van der Waals surface area contributed by atoms with E-state index in [2.05, 4.69) is 24.3 Å². The van der Waals surface area contributed by atoms with Crippen LogP contribution < -0.4 is 0 Å². The lowest BCUT2D eigenvalue weighted by molar-refractivity contribution is -0.164. The monoisotopic (exact) mass is 326 g/mol. The molecule has 0 unspecified atom stereocenters. The molecule has 0 spiro atoms. The first-order chi connectivity index (χ1) is 11.9. The fourth-order valence-electron chi connectivity index (χ4n) is 3.24. The minimum atomic E-state index is -0.219. The average molecular weight is 326 g/mol. The van der Waals surface area contributed by atoms with Gasteiger partial charge < -0.3 is 18.9 Å². The lowest BCUT2D eigenvalue weighted by Gasteiger charge is -2.19. The van der Waals surface area contributed by atoms with E-state index in [1.807, 2.05) is 36.4 Å². The Morgan fingerprint density at radius 2 is 1.46 bits per heavy atom. The van der Waals surface area contributed by atoms with E-state index >= 15 is 0 Å². The number of fused-ring (bicyclic) bond motifs is 1. The Morgan fingerprint density at radius 3 is 2.12 bits per heavy atom. The van der Waals surface area contributed by atoms with E-state index in [9.17, 15) is 0 Å². The fourth-order valence-corrected chi connectivity index (χ4v) is 3.24. The smallest absolute Gasteiger partial charge is 0.161 e. The highest BCUT2D eigenvalue weighted by molar-refractivity contribution is 5.14. The average Bonchev–Trinajstić information content (AvgIpc) is 3.20. The topological polar surface area (TPSA) is 36.9 Å². The van der Waals surface area contributed by atoms with Gasteiger partial charge in [-0.15, -0.1) is 0 Å². The summed E-state index contributed by atoms with van der Waals surface area (Å²) in [5, 5.41) is 0. The summed E-state index contributed by atoms with van der Waals surface area (Å²) in [6.45, 7) is 1.73. The molecule has 2 aliphatic rings. The maximum Gasteiger partial charge on any atom is 0.161 e. The van der Waals surface area contributed by atoms with Crippen LogP contribution in [0.1, 0.15) is 17.5 Å². The van der Waals surface area contributed by atoms with Crippen molar-refractivity contribution >= 4 is 0 Å². The van der Waals surface area contributed by atoms with Gasteiger partial charge >= 0.3 is 0 Å². The molecule has 0 aliphatic carbocycles. The number of rotatable bonds is 6. The third-order valence-electron chi connectivity index (χ3n) is 4.53. The summed E-state index contributed by atoms with van der Waals surface area (Å²) in [5.74, 6) is 0. The Bertz CT molecular complexity index is 631. The minimum Gasteiger partial charge on any atom is -0.372 e. The van der Waals surface area contributed by atoms with Crippen LogP contribution in [0.15, 0.2) is 60.7 Å². The van der Waals surface area contributed by atoms with Crippen molar-refractivity contribution in [3.8, 4) is 0 Å². The van der Waals surface area contributed by atoms with Gasteiger partial charge in [0.25, 0.3) is 0 Å². The van der Waals surface area contributed by atoms with Gasteiger partial charge in [0, 0.05) is 6.42 Å². The molecular formula is C20H22O4. The molecule has 24 heavy (non-hydrogen) atoms. The maximum atomic E-state index is 6.04. The molecule has 0 N–H and O–H groups in total. The van der Waals surface area contributed by atoms with Gasteiger partial charge in [0.15, 0.2) is 6.29 Å². The largest absolute Gasteiger partial charge is 0.372 e. The molecule has 0 aromatic heterocycles. The second-order valence-corrected chi connectivity index (χ2v) is 6.27. The molecule has 4 heteroatoms. The molecule has 0 bridgehead atoms. The van der Waals surface area contributed by atoms with Gasteiger partial charge in [-0.2, -0.15) is 0 Å². The molecule has 2 heterocycles. The Labute approximate surface area is 142 Å². The van der Waals surface area contributed by atoms with E-state index in [0.717, 1.165) is 17.5 Å². The van der Waals surface area contributed by atoms with Gasteiger partial charge in [-0.1, -0.05) is 60.7 Å². The summed E-state index contributed by atoms with van der Waals surface area (Å²) in [6, 6.07) is 20.3. The number of hydrogen-bond donors (Lipinski definition) is 0. The van der Waals surface area contributed by atoms with Gasteiger partial charge in [0.1, 0.15) is 12.2 Å². The number of ether oxygens (including phenoxy) is 4. The lowest BCUT2D eigenvalue weighted by atomic mass is 10.1. The standard InChI is InChI=1S/C20H22O4/c1-3-7-15(8-4-1)12-21-18-14-22-17-11-19(24-20(17)18)23-13-16-9-5-2-6-10-16/h1-10,17-20H,11-14H2/t17-,18-,19-,20+/m1/s1. The van der Waals surface area contributed by atoms with Crippen LogP contribution in [-0.4, -0.2) is 31.2 Å². The first-order valence-corrected chi connectivity index (χ1v) is 8.46. The molecule has 2 fully saturated rings. The third kappa shape index (κ3) is 3.68. The normalized spacial score (nSPS) is 28.8. The quantitative estimate of drug-likeness (QED) is 0.816. The molecule has 4 nitrogen and oxygen atoms in total. The van der Waals surface area contributed by atoms with E-state index in [-0.39, 0.29) is 24.6 Å².